The van der Waals surface area contributed by atoms with Crippen LogP contribution in [0.15, 0.2) is 29.3 Å². The molecule has 2 aromatic rings. The van der Waals surface area contributed by atoms with Crippen LogP contribution in [-0.2, 0) is 4.79 Å². The molecule has 1 aromatic carbocycles. The molecule has 0 aliphatic rings. The van der Waals surface area contributed by atoms with Gasteiger partial charge in [0, 0.05) is 13.0 Å². The van der Waals surface area contributed by atoms with Gasteiger partial charge in [-0.05, 0) is 31.4 Å². The molecular weight excluding hydrogens is 362 g/mol. The third-order valence-corrected chi connectivity index (χ3v) is 5.16. The van der Waals surface area contributed by atoms with Crippen molar-refractivity contribution in [3.05, 3.63) is 29.3 Å². The molecule has 8 heteroatoms. The Labute approximate surface area is 163 Å². The number of ketones is 1. The summed E-state index contributed by atoms with van der Waals surface area (Å²) in [5.41, 5.74) is 11.5. The number of thiazole rings is 1. The molecule has 0 spiro atoms. The number of amides is 1. The second kappa shape index (κ2) is 10.6. The summed E-state index contributed by atoms with van der Waals surface area (Å²) in [6.07, 6.45) is 4.33. The lowest BCUT2D eigenvalue weighted by Gasteiger charge is -2.16. The van der Waals surface area contributed by atoms with E-state index in [2.05, 4.69) is 22.2 Å². The van der Waals surface area contributed by atoms with Crippen LogP contribution in [0.25, 0.3) is 10.2 Å². The molecule has 1 amide bonds. The summed E-state index contributed by atoms with van der Waals surface area (Å²) in [5.74, 6) is -0.248. The number of Topliss-reactive ketones (excluding diaryl/α,β-unsaturated/α-hetero) is 1. The second-order valence-electron chi connectivity index (χ2n) is 6.38. The van der Waals surface area contributed by atoms with Crippen LogP contribution >= 0.6 is 11.3 Å². The van der Waals surface area contributed by atoms with Crippen molar-refractivity contribution in [2.24, 2.45) is 16.5 Å². The summed E-state index contributed by atoms with van der Waals surface area (Å²) < 4.78 is 0.953. The molecule has 146 valence electrons. The fourth-order valence-corrected chi connectivity index (χ4v) is 3.66. The van der Waals surface area contributed by atoms with Gasteiger partial charge in [-0.15, -0.1) is 11.3 Å². The van der Waals surface area contributed by atoms with Crippen molar-refractivity contribution in [2.75, 3.05) is 6.54 Å². The molecule has 1 atom stereocenters. The van der Waals surface area contributed by atoms with E-state index in [1.807, 2.05) is 24.3 Å². The number of nitrogens with zero attached hydrogens (tertiary/aromatic N) is 2. The molecule has 0 fully saturated rings. The molecule has 0 radical (unpaired) electrons. The third kappa shape index (κ3) is 6.63. The highest BCUT2D eigenvalue weighted by Crippen LogP contribution is 2.23. The zero-order valence-electron chi connectivity index (χ0n) is 15.6. The number of benzene rings is 1. The van der Waals surface area contributed by atoms with Crippen molar-refractivity contribution in [2.45, 2.75) is 51.5 Å². The van der Waals surface area contributed by atoms with Gasteiger partial charge in [-0.25, -0.2) is 4.98 Å². The minimum absolute atomic E-state index is 0.0210. The first-order valence-electron chi connectivity index (χ1n) is 9.25. The number of hydrogen-bond acceptors (Lipinski definition) is 5. The van der Waals surface area contributed by atoms with Gasteiger partial charge in [0.2, 0.25) is 11.7 Å². The summed E-state index contributed by atoms with van der Waals surface area (Å²) >= 11 is 1.35. The summed E-state index contributed by atoms with van der Waals surface area (Å²) in [6, 6.07) is 6.99. The van der Waals surface area contributed by atoms with Crippen LogP contribution in [-0.4, -0.2) is 35.2 Å². The van der Waals surface area contributed by atoms with Gasteiger partial charge in [0.05, 0.1) is 16.3 Å². The van der Waals surface area contributed by atoms with E-state index >= 15 is 0 Å². The van der Waals surface area contributed by atoms with Gasteiger partial charge < -0.3 is 16.8 Å². The van der Waals surface area contributed by atoms with Crippen molar-refractivity contribution in [3.8, 4) is 0 Å². The van der Waals surface area contributed by atoms with Crippen molar-refractivity contribution < 1.29 is 9.59 Å². The van der Waals surface area contributed by atoms with E-state index in [-0.39, 0.29) is 17.6 Å². The predicted octanol–water partition coefficient (Wildman–Crippen LogP) is 2.60. The topological polar surface area (TPSA) is 123 Å². The van der Waals surface area contributed by atoms with E-state index in [9.17, 15) is 9.59 Å². The zero-order valence-corrected chi connectivity index (χ0v) is 16.4. The van der Waals surface area contributed by atoms with Gasteiger partial charge >= 0.3 is 0 Å². The molecule has 1 heterocycles. The molecule has 2 rings (SSSR count). The first-order valence-corrected chi connectivity index (χ1v) is 10.1. The highest BCUT2D eigenvalue weighted by molar-refractivity contribution is 7.20. The SMILES string of the molecule is CCCCCC(=O)NC(CCCN=C(N)N)C(=O)c1nc2ccccc2s1. The Hall–Kier alpha value is -2.48. The van der Waals surface area contributed by atoms with Crippen molar-refractivity contribution in [3.63, 3.8) is 0 Å². The number of carbonyl (C=O) groups is 2. The van der Waals surface area contributed by atoms with Crippen LogP contribution in [0, 0.1) is 0 Å². The largest absolute Gasteiger partial charge is 0.370 e. The van der Waals surface area contributed by atoms with Crippen LogP contribution in [0.3, 0.4) is 0 Å². The average Bonchev–Trinajstić information content (AvgIpc) is 3.08. The van der Waals surface area contributed by atoms with Crippen molar-refractivity contribution in [1.82, 2.24) is 10.3 Å². The highest BCUT2D eigenvalue weighted by Gasteiger charge is 2.24. The van der Waals surface area contributed by atoms with Gasteiger partial charge in [-0.3, -0.25) is 14.6 Å². The Morgan fingerprint density at radius 2 is 2.00 bits per heavy atom. The Kier molecular flexibility index (Phi) is 8.19. The summed E-state index contributed by atoms with van der Waals surface area (Å²) in [5, 5.41) is 3.29. The molecule has 1 aromatic heterocycles. The average molecular weight is 390 g/mol. The summed E-state index contributed by atoms with van der Waals surface area (Å²) in [6.45, 7) is 2.50. The van der Waals surface area contributed by atoms with Gasteiger partial charge in [-0.2, -0.15) is 0 Å². The maximum atomic E-state index is 13.0. The Morgan fingerprint density at radius 3 is 2.70 bits per heavy atom. The van der Waals surface area contributed by atoms with Gasteiger partial charge in [0.1, 0.15) is 0 Å². The molecule has 0 aliphatic heterocycles. The molecule has 5 N–H and O–H groups in total. The number of nitrogens with one attached hydrogen (secondary N) is 1. The number of nitrogens with two attached hydrogens (primary N) is 2. The Morgan fingerprint density at radius 1 is 1.22 bits per heavy atom. The van der Waals surface area contributed by atoms with E-state index < -0.39 is 6.04 Å². The lowest BCUT2D eigenvalue weighted by atomic mass is 10.1. The predicted molar refractivity (Wildman–Crippen MR) is 110 cm³/mol. The van der Waals surface area contributed by atoms with Crippen LogP contribution in [0.5, 0.6) is 0 Å². The quantitative estimate of drug-likeness (QED) is 0.236. The van der Waals surface area contributed by atoms with Gasteiger partial charge in [-0.1, -0.05) is 31.9 Å². The van der Waals surface area contributed by atoms with Crippen LogP contribution in [0.1, 0.15) is 55.3 Å². The van der Waals surface area contributed by atoms with Crippen molar-refractivity contribution >= 4 is 39.2 Å². The number of para-hydroxylation sites is 1. The van der Waals surface area contributed by atoms with Crippen molar-refractivity contribution in [1.29, 1.82) is 0 Å². The number of guanidine groups is 1. The number of aliphatic imine (C=N–C) groups is 1. The van der Waals surface area contributed by atoms with Gasteiger partial charge in [0.15, 0.2) is 11.0 Å². The second-order valence-corrected chi connectivity index (χ2v) is 7.41. The van der Waals surface area contributed by atoms with E-state index in [1.54, 1.807) is 0 Å². The molecule has 1 unspecified atom stereocenters. The van der Waals surface area contributed by atoms with E-state index in [4.69, 9.17) is 11.5 Å². The maximum absolute atomic E-state index is 13.0. The maximum Gasteiger partial charge on any atom is 0.220 e. The van der Waals surface area contributed by atoms with Gasteiger partial charge in [0.25, 0.3) is 0 Å². The standard InChI is InChI=1S/C19H27N5O2S/c1-2-3-4-11-16(25)23-14(9-7-12-22-19(20)21)17(26)18-24-13-8-5-6-10-15(13)27-18/h5-6,8,10,14H,2-4,7,9,11-12H2,1H3,(H,23,25)(H4,20,21,22). The summed E-state index contributed by atoms with van der Waals surface area (Å²) in [7, 11) is 0. The fourth-order valence-electron chi connectivity index (χ4n) is 2.70. The number of aromatic nitrogens is 1. The third-order valence-electron chi connectivity index (χ3n) is 4.11. The number of rotatable bonds is 11. The fraction of sp³-hybridized carbons (Fsp3) is 0.474. The number of fused-ring (bicyclic) bond motifs is 1. The number of carbonyl (C=O) groups excluding carboxylic acids is 2. The Bertz CT molecular complexity index is 765. The molecule has 0 saturated carbocycles. The number of unbranched alkanes of at least 4 members (excludes halogenated alkanes) is 2. The van der Waals surface area contributed by atoms with E-state index in [1.165, 1.54) is 11.3 Å². The van der Waals surface area contributed by atoms with Crippen LogP contribution < -0.4 is 16.8 Å². The Balaban J connectivity index is 2.07. The smallest absolute Gasteiger partial charge is 0.220 e. The molecule has 0 aliphatic carbocycles. The lowest BCUT2D eigenvalue weighted by molar-refractivity contribution is -0.121. The molecular formula is C19H27N5O2S. The van der Waals surface area contributed by atoms with Crippen LogP contribution in [0.2, 0.25) is 0 Å². The molecule has 7 nitrogen and oxygen atoms in total. The zero-order chi connectivity index (χ0) is 19.6. The van der Waals surface area contributed by atoms with E-state index in [0.717, 1.165) is 29.5 Å². The normalized spacial score (nSPS) is 11.9. The van der Waals surface area contributed by atoms with Crippen LogP contribution in [0.4, 0.5) is 0 Å². The minimum atomic E-state index is -0.617. The minimum Gasteiger partial charge on any atom is -0.370 e. The molecule has 27 heavy (non-hydrogen) atoms. The summed E-state index contributed by atoms with van der Waals surface area (Å²) in [4.78, 5) is 33.5. The highest BCUT2D eigenvalue weighted by atomic mass is 32.1. The lowest BCUT2D eigenvalue weighted by Crippen LogP contribution is -2.41. The first kappa shape index (κ1) is 20.8. The first-order chi connectivity index (χ1) is 13.0. The molecule has 0 saturated heterocycles. The monoisotopic (exact) mass is 389 g/mol. The number of hydrogen-bond donors (Lipinski definition) is 3. The molecule has 0 bridgehead atoms. The van der Waals surface area contributed by atoms with E-state index in [0.29, 0.717) is 30.8 Å².